The number of carbonyl (C=O) groups excluding carboxylic acids is 1. The molecule has 0 unspecified atom stereocenters. The van der Waals surface area contributed by atoms with Gasteiger partial charge in [0, 0.05) is 38.9 Å². The second-order valence-corrected chi connectivity index (χ2v) is 8.31. The molecule has 2 fully saturated rings. The first-order valence-electron chi connectivity index (χ1n) is 8.46. The van der Waals surface area contributed by atoms with E-state index in [1.807, 2.05) is 4.90 Å². The fourth-order valence-electron chi connectivity index (χ4n) is 3.32. The molecule has 8 heteroatoms. The number of likely N-dealkylation sites (tertiary alicyclic amines) is 1. The quantitative estimate of drug-likeness (QED) is 0.810. The van der Waals surface area contributed by atoms with Crippen molar-refractivity contribution < 1.29 is 17.9 Å². The van der Waals surface area contributed by atoms with E-state index in [2.05, 4.69) is 0 Å². The number of ether oxygens (including phenoxy) is 1. The highest BCUT2D eigenvalue weighted by atomic mass is 32.2. The van der Waals surface area contributed by atoms with Crippen LogP contribution in [0.4, 0.5) is 0 Å². The lowest BCUT2D eigenvalue weighted by Crippen LogP contribution is -2.40. The SMILES string of the molecule is Cc1c(S(=O)(=O)N2CCOCC2)cc(C(=O)N2CCCCC2)n1C. The van der Waals surface area contributed by atoms with Crippen LogP contribution >= 0.6 is 0 Å². The zero-order valence-electron chi connectivity index (χ0n) is 14.3. The standard InChI is InChI=1S/C16H25N3O4S/c1-13-15(24(21,22)19-8-10-23-11-9-19)12-14(17(13)2)16(20)18-6-4-3-5-7-18/h12H,3-11H2,1-2H3. The summed E-state index contributed by atoms with van der Waals surface area (Å²) in [5.74, 6) is -0.0799. The molecular weight excluding hydrogens is 330 g/mol. The first-order valence-corrected chi connectivity index (χ1v) is 9.90. The van der Waals surface area contributed by atoms with Crippen LogP contribution in [-0.2, 0) is 21.8 Å². The molecule has 0 saturated carbocycles. The van der Waals surface area contributed by atoms with Crippen molar-refractivity contribution >= 4 is 15.9 Å². The number of hydrogen-bond acceptors (Lipinski definition) is 4. The molecule has 24 heavy (non-hydrogen) atoms. The minimum absolute atomic E-state index is 0.0799. The van der Waals surface area contributed by atoms with E-state index < -0.39 is 10.0 Å². The van der Waals surface area contributed by atoms with Gasteiger partial charge in [-0.2, -0.15) is 4.31 Å². The van der Waals surface area contributed by atoms with Gasteiger partial charge in [0.15, 0.2) is 0 Å². The summed E-state index contributed by atoms with van der Waals surface area (Å²) in [6.45, 7) is 4.76. The van der Waals surface area contributed by atoms with Crippen molar-refractivity contribution in [3.8, 4) is 0 Å². The molecule has 2 aliphatic heterocycles. The van der Waals surface area contributed by atoms with Gasteiger partial charge in [-0.1, -0.05) is 0 Å². The van der Waals surface area contributed by atoms with E-state index in [1.54, 1.807) is 18.5 Å². The predicted octanol–water partition coefficient (Wildman–Crippen LogP) is 0.981. The molecule has 3 heterocycles. The Hall–Kier alpha value is -1.38. The van der Waals surface area contributed by atoms with Gasteiger partial charge in [0.2, 0.25) is 10.0 Å². The van der Waals surface area contributed by atoms with Crippen LogP contribution in [0.3, 0.4) is 0 Å². The number of piperidine rings is 1. The van der Waals surface area contributed by atoms with Gasteiger partial charge in [-0.05, 0) is 32.3 Å². The number of amides is 1. The Morgan fingerprint density at radius 2 is 1.71 bits per heavy atom. The summed E-state index contributed by atoms with van der Waals surface area (Å²) >= 11 is 0. The van der Waals surface area contributed by atoms with Crippen molar-refractivity contribution in [1.82, 2.24) is 13.8 Å². The first kappa shape index (κ1) is 17.4. The minimum Gasteiger partial charge on any atom is -0.379 e. The highest BCUT2D eigenvalue weighted by Gasteiger charge is 2.32. The molecule has 1 aromatic heterocycles. The lowest BCUT2D eigenvalue weighted by atomic mass is 10.1. The molecule has 1 aromatic rings. The smallest absolute Gasteiger partial charge is 0.270 e. The van der Waals surface area contributed by atoms with Crippen LogP contribution in [0.25, 0.3) is 0 Å². The Labute approximate surface area is 143 Å². The van der Waals surface area contributed by atoms with Gasteiger partial charge < -0.3 is 14.2 Å². The lowest BCUT2D eigenvalue weighted by molar-refractivity contribution is 0.0714. The van der Waals surface area contributed by atoms with Gasteiger partial charge in [0.1, 0.15) is 10.6 Å². The molecule has 2 aliphatic rings. The maximum Gasteiger partial charge on any atom is 0.270 e. The van der Waals surface area contributed by atoms with Gasteiger partial charge >= 0.3 is 0 Å². The molecule has 1 amide bonds. The van der Waals surface area contributed by atoms with E-state index in [0.717, 1.165) is 32.4 Å². The molecular formula is C16H25N3O4S. The normalized spacial score (nSPS) is 20.3. The van der Waals surface area contributed by atoms with Crippen LogP contribution in [0, 0.1) is 6.92 Å². The third-order valence-corrected chi connectivity index (χ3v) is 6.95. The fourth-order valence-corrected chi connectivity index (χ4v) is 5.00. The summed E-state index contributed by atoms with van der Waals surface area (Å²) < 4.78 is 34.2. The second-order valence-electron chi connectivity index (χ2n) is 6.41. The largest absolute Gasteiger partial charge is 0.379 e. The molecule has 134 valence electrons. The topological polar surface area (TPSA) is 71.8 Å². The van der Waals surface area contributed by atoms with Gasteiger partial charge in [0.05, 0.1) is 13.2 Å². The molecule has 0 spiro atoms. The molecule has 7 nitrogen and oxygen atoms in total. The summed E-state index contributed by atoms with van der Waals surface area (Å²) in [6, 6.07) is 1.54. The van der Waals surface area contributed by atoms with Crippen molar-refractivity contribution in [3.63, 3.8) is 0 Å². The average molecular weight is 355 g/mol. The van der Waals surface area contributed by atoms with Crippen LogP contribution in [0.15, 0.2) is 11.0 Å². The van der Waals surface area contributed by atoms with Crippen LogP contribution in [-0.4, -0.2) is 67.5 Å². The number of carbonyl (C=O) groups is 1. The first-order chi connectivity index (χ1) is 11.4. The Morgan fingerprint density at radius 1 is 1.08 bits per heavy atom. The second kappa shape index (κ2) is 6.85. The third kappa shape index (κ3) is 3.10. The Bertz CT molecular complexity index is 714. The minimum atomic E-state index is -3.60. The zero-order valence-corrected chi connectivity index (χ0v) is 15.1. The highest BCUT2D eigenvalue weighted by molar-refractivity contribution is 7.89. The molecule has 0 atom stereocenters. The van der Waals surface area contributed by atoms with E-state index in [-0.39, 0.29) is 10.8 Å². The van der Waals surface area contributed by atoms with E-state index in [9.17, 15) is 13.2 Å². The molecule has 0 N–H and O–H groups in total. The van der Waals surface area contributed by atoms with Crippen LogP contribution in [0.2, 0.25) is 0 Å². The summed E-state index contributed by atoms with van der Waals surface area (Å²) in [4.78, 5) is 14.8. The molecule has 3 rings (SSSR count). The molecule has 0 bridgehead atoms. The number of hydrogen-bond donors (Lipinski definition) is 0. The van der Waals surface area contributed by atoms with E-state index in [1.165, 1.54) is 10.4 Å². The van der Waals surface area contributed by atoms with E-state index in [4.69, 9.17) is 4.74 Å². The molecule has 0 aromatic carbocycles. The average Bonchev–Trinajstić information content (AvgIpc) is 2.92. The maximum atomic E-state index is 12.9. The Balaban J connectivity index is 1.91. The van der Waals surface area contributed by atoms with E-state index >= 15 is 0 Å². The Kier molecular flexibility index (Phi) is 4.98. The monoisotopic (exact) mass is 355 g/mol. The third-order valence-electron chi connectivity index (χ3n) is 4.94. The van der Waals surface area contributed by atoms with Crippen LogP contribution in [0.1, 0.15) is 35.4 Å². The highest BCUT2D eigenvalue weighted by Crippen LogP contribution is 2.25. The van der Waals surface area contributed by atoms with Gasteiger partial charge in [-0.15, -0.1) is 0 Å². The number of nitrogens with zero attached hydrogens (tertiary/aromatic N) is 3. The molecule has 0 radical (unpaired) electrons. The van der Waals surface area contributed by atoms with Crippen molar-refractivity contribution in [3.05, 3.63) is 17.5 Å². The zero-order chi connectivity index (χ0) is 17.3. The summed E-state index contributed by atoms with van der Waals surface area (Å²) in [7, 11) is -1.84. The molecule has 2 saturated heterocycles. The summed E-state index contributed by atoms with van der Waals surface area (Å²) in [5, 5.41) is 0. The van der Waals surface area contributed by atoms with Crippen LogP contribution in [0.5, 0.6) is 0 Å². The Morgan fingerprint density at radius 3 is 2.33 bits per heavy atom. The predicted molar refractivity (Wildman–Crippen MR) is 89.5 cm³/mol. The van der Waals surface area contributed by atoms with Crippen molar-refractivity contribution in [1.29, 1.82) is 0 Å². The van der Waals surface area contributed by atoms with Crippen molar-refractivity contribution in [2.24, 2.45) is 7.05 Å². The number of rotatable bonds is 3. The number of sulfonamides is 1. The van der Waals surface area contributed by atoms with Crippen LogP contribution < -0.4 is 0 Å². The van der Waals surface area contributed by atoms with E-state index in [0.29, 0.717) is 37.7 Å². The van der Waals surface area contributed by atoms with Crippen molar-refractivity contribution in [2.75, 3.05) is 39.4 Å². The summed E-state index contributed by atoms with van der Waals surface area (Å²) in [5.41, 5.74) is 1.04. The maximum absolute atomic E-state index is 12.9. The fraction of sp³-hybridized carbons (Fsp3) is 0.688. The van der Waals surface area contributed by atoms with Crippen molar-refractivity contribution in [2.45, 2.75) is 31.1 Å². The molecule has 0 aliphatic carbocycles. The number of morpholine rings is 1. The van der Waals surface area contributed by atoms with Gasteiger partial charge in [0.25, 0.3) is 5.91 Å². The summed E-state index contributed by atoms with van der Waals surface area (Å²) in [6.07, 6.45) is 3.16. The van der Waals surface area contributed by atoms with Gasteiger partial charge in [-0.3, -0.25) is 4.79 Å². The van der Waals surface area contributed by atoms with Gasteiger partial charge in [-0.25, -0.2) is 8.42 Å². The number of aromatic nitrogens is 1. The lowest BCUT2D eigenvalue weighted by Gasteiger charge is -2.26.